The van der Waals surface area contributed by atoms with Crippen LogP contribution in [0.4, 0.5) is 19.3 Å². The summed E-state index contributed by atoms with van der Waals surface area (Å²) in [5.41, 5.74) is 5.41. The first-order chi connectivity index (χ1) is 9.84. The van der Waals surface area contributed by atoms with Gasteiger partial charge >= 0.3 is 6.03 Å². The van der Waals surface area contributed by atoms with Crippen LogP contribution in [-0.2, 0) is 4.79 Å². The van der Waals surface area contributed by atoms with Crippen LogP contribution in [0.25, 0.3) is 0 Å². The monoisotopic (exact) mass is 300 g/mol. The van der Waals surface area contributed by atoms with E-state index >= 15 is 0 Å². The number of anilines is 1. The zero-order valence-corrected chi connectivity index (χ0v) is 11.5. The average molecular weight is 300 g/mol. The lowest BCUT2D eigenvalue weighted by molar-refractivity contribution is -0.124. The van der Waals surface area contributed by atoms with E-state index < -0.39 is 37.0 Å². The van der Waals surface area contributed by atoms with Crippen LogP contribution in [0.3, 0.4) is 0 Å². The van der Waals surface area contributed by atoms with Gasteiger partial charge in [-0.25, -0.2) is 13.6 Å². The van der Waals surface area contributed by atoms with Gasteiger partial charge in [0, 0.05) is 5.69 Å². The van der Waals surface area contributed by atoms with Crippen molar-refractivity contribution in [3.05, 3.63) is 30.3 Å². The molecule has 0 saturated heterocycles. The molecule has 3 amide bonds. The summed E-state index contributed by atoms with van der Waals surface area (Å²) in [6.07, 6.45) is 0. The van der Waals surface area contributed by atoms with Gasteiger partial charge in [-0.2, -0.15) is 0 Å². The summed E-state index contributed by atoms with van der Waals surface area (Å²) in [5.74, 6) is -3.88. The lowest BCUT2D eigenvalue weighted by Crippen LogP contribution is -2.50. The van der Waals surface area contributed by atoms with Crippen molar-refractivity contribution in [2.75, 3.05) is 18.4 Å². The summed E-state index contributed by atoms with van der Waals surface area (Å²) in [4.78, 5) is 23.2. The van der Waals surface area contributed by atoms with E-state index in [-0.39, 0.29) is 0 Å². The number of hydrogen-bond acceptors (Lipinski definition) is 3. The number of carbonyl (C=O) groups excluding carboxylic acids is 2. The highest BCUT2D eigenvalue weighted by Crippen LogP contribution is 2.08. The van der Waals surface area contributed by atoms with Gasteiger partial charge in [-0.05, 0) is 19.1 Å². The Morgan fingerprint density at radius 3 is 2.48 bits per heavy atom. The van der Waals surface area contributed by atoms with Crippen molar-refractivity contribution in [2.24, 2.45) is 5.73 Å². The summed E-state index contributed by atoms with van der Waals surface area (Å²) < 4.78 is 25.8. The topological polar surface area (TPSA) is 96.2 Å². The molecule has 0 bridgehead atoms. The maximum absolute atomic E-state index is 12.9. The number of nitrogens with one attached hydrogen (secondary N) is 3. The SMILES string of the molecule is CC(NC(=O)Nc1ccccc1)C(=O)NCC(F)(F)CN. The predicted molar refractivity (Wildman–Crippen MR) is 75.1 cm³/mol. The van der Waals surface area contributed by atoms with Gasteiger partial charge in [0.25, 0.3) is 5.92 Å². The van der Waals surface area contributed by atoms with Crippen molar-refractivity contribution in [3.63, 3.8) is 0 Å². The fraction of sp³-hybridized carbons (Fsp3) is 0.385. The van der Waals surface area contributed by atoms with Crippen LogP contribution in [0.5, 0.6) is 0 Å². The maximum Gasteiger partial charge on any atom is 0.319 e. The minimum atomic E-state index is -3.17. The average Bonchev–Trinajstić information content (AvgIpc) is 2.45. The van der Waals surface area contributed by atoms with E-state index in [0.29, 0.717) is 5.69 Å². The van der Waals surface area contributed by atoms with Crippen LogP contribution in [0.1, 0.15) is 6.92 Å². The molecular formula is C13H18F2N4O2. The van der Waals surface area contributed by atoms with E-state index in [9.17, 15) is 18.4 Å². The standard InChI is InChI=1S/C13H18F2N4O2/c1-9(11(20)17-8-13(14,15)7-16)18-12(21)19-10-5-3-2-4-6-10/h2-6,9H,7-8,16H2,1H3,(H,17,20)(H2,18,19,21). The second-order valence-electron chi connectivity index (χ2n) is 4.46. The van der Waals surface area contributed by atoms with Gasteiger partial charge in [0.2, 0.25) is 5.91 Å². The molecule has 0 heterocycles. The van der Waals surface area contributed by atoms with Gasteiger partial charge in [-0.1, -0.05) is 18.2 Å². The molecule has 1 rings (SSSR count). The molecule has 0 radical (unpaired) electrons. The number of halogens is 2. The van der Waals surface area contributed by atoms with Crippen LogP contribution < -0.4 is 21.7 Å². The predicted octanol–water partition coefficient (Wildman–Crippen LogP) is 0.907. The first-order valence-corrected chi connectivity index (χ1v) is 6.32. The smallest absolute Gasteiger partial charge is 0.319 e. The number of carbonyl (C=O) groups is 2. The molecule has 1 aromatic rings. The zero-order valence-electron chi connectivity index (χ0n) is 11.5. The van der Waals surface area contributed by atoms with E-state index in [0.717, 1.165) is 0 Å². The fourth-order valence-corrected chi connectivity index (χ4v) is 1.39. The van der Waals surface area contributed by atoms with Crippen LogP contribution in [0.2, 0.25) is 0 Å². The maximum atomic E-state index is 12.9. The second-order valence-corrected chi connectivity index (χ2v) is 4.46. The molecule has 21 heavy (non-hydrogen) atoms. The first kappa shape index (κ1) is 16.8. The van der Waals surface area contributed by atoms with Crippen molar-refractivity contribution >= 4 is 17.6 Å². The third kappa shape index (κ3) is 6.17. The van der Waals surface area contributed by atoms with Gasteiger partial charge in [-0.3, -0.25) is 4.79 Å². The van der Waals surface area contributed by atoms with Crippen molar-refractivity contribution < 1.29 is 18.4 Å². The van der Waals surface area contributed by atoms with E-state index in [1.807, 2.05) is 5.32 Å². The number of urea groups is 1. The number of benzene rings is 1. The van der Waals surface area contributed by atoms with Crippen molar-refractivity contribution in [3.8, 4) is 0 Å². The third-order valence-electron chi connectivity index (χ3n) is 2.59. The molecule has 0 aliphatic heterocycles. The normalized spacial score (nSPS) is 12.4. The van der Waals surface area contributed by atoms with Crippen LogP contribution in [0, 0.1) is 0 Å². The molecular weight excluding hydrogens is 282 g/mol. The lowest BCUT2D eigenvalue weighted by Gasteiger charge is -2.18. The zero-order chi connectivity index (χ0) is 15.9. The second kappa shape index (κ2) is 7.53. The molecule has 6 nitrogen and oxygen atoms in total. The van der Waals surface area contributed by atoms with E-state index in [1.54, 1.807) is 30.3 Å². The summed E-state index contributed by atoms with van der Waals surface area (Å²) in [5, 5.41) is 6.89. The number of para-hydroxylation sites is 1. The molecule has 0 aliphatic rings. The lowest BCUT2D eigenvalue weighted by atomic mass is 10.3. The van der Waals surface area contributed by atoms with Gasteiger partial charge in [0.05, 0.1) is 13.1 Å². The minimum Gasteiger partial charge on any atom is -0.348 e. The highest BCUT2D eigenvalue weighted by Gasteiger charge is 2.28. The number of hydrogen-bond donors (Lipinski definition) is 4. The Morgan fingerprint density at radius 1 is 1.29 bits per heavy atom. The fourth-order valence-electron chi connectivity index (χ4n) is 1.39. The number of rotatable bonds is 6. The molecule has 0 aliphatic carbocycles. The Bertz CT molecular complexity index is 482. The summed E-state index contributed by atoms with van der Waals surface area (Å²) in [7, 11) is 0. The van der Waals surface area contributed by atoms with Gasteiger partial charge in [-0.15, -0.1) is 0 Å². The van der Waals surface area contributed by atoms with Crippen LogP contribution in [-0.4, -0.2) is 37.0 Å². The summed E-state index contributed by atoms with van der Waals surface area (Å²) in [6.45, 7) is -0.335. The van der Waals surface area contributed by atoms with Crippen molar-refractivity contribution in [2.45, 2.75) is 18.9 Å². The van der Waals surface area contributed by atoms with E-state index in [1.165, 1.54) is 6.92 Å². The van der Waals surface area contributed by atoms with Gasteiger partial charge in [0.1, 0.15) is 6.04 Å². The molecule has 0 fully saturated rings. The highest BCUT2D eigenvalue weighted by molar-refractivity contribution is 5.93. The Kier molecular flexibility index (Phi) is 6.04. The Balaban J connectivity index is 2.40. The molecule has 1 aromatic carbocycles. The van der Waals surface area contributed by atoms with Crippen molar-refractivity contribution in [1.82, 2.24) is 10.6 Å². The Hall–Kier alpha value is -2.22. The molecule has 0 spiro atoms. The number of alkyl halides is 2. The quantitative estimate of drug-likeness (QED) is 0.628. The van der Waals surface area contributed by atoms with E-state index in [2.05, 4.69) is 10.6 Å². The molecule has 1 atom stereocenters. The van der Waals surface area contributed by atoms with Crippen LogP contribution in [0.15, 0.2) is 30.3 Å². The van der Waals surface area contributed by atoms with Gasteiger partial charge in [0.15, 0.2) is 0 Å². The number of amides is 3. The Morgan fingerprint density at radius 2 is 1.90 bits per heavy atom. The molecule has 0 aromatic heterocycles. The minimum absolute atomic E-state index is 0.553. The Labute approximate surface area is 121 Å². The molecule has 1 unspecified atom stereocenters. The largest absolute Gasteiger partial charge is 0.348 e. The van der Waals surface area contributed by atoms with E-state index in [4.69, 9.17) is 5.73 Å². The third-order valence-corrected chi connectivity index (χ3v) is 2.59. The van der Waals surface area contributed by atoms with Crippen LogP contribution >= 0.6 is 0 Å². The molecule has 8 heteroatoms. The first-order valence-electron chi connectivity index (χ1n) is 6.32. The summed E-state index contributed by atoms with van der Waals surface area (Å²) in [6, 6.07) is 7.05. The molecule has 116 valence electrons. The molecule has 5 N–H and O–H groups in total. The summed E-state index contributed by atoms with van der Waals surface area (Å²) >= 11 is 0. The number of nitrogens with two attached hydrogens (primary N) is 1. The highest BCUT2D eigenvalue weighted by atomic mass is 19.3. The van der Waals surface area contributed by atoms with Gasteiger partial charge < -0.3 is 21.7 Å². The van der Waals surface area contributed by atoms with Crippen molar-refractivity contribution in [1.29, 1.82) is 0 Å². The molecule has 0 saturated carbocycles.